The summed E-state index contributed by atoms with van der Waals surface area (Å²) >= 11 is 0. The van der Waals surface area contributed by atoms with Gasteiger partial charge in [0.25, 0.3) is 0 Å². The summed E-state index contributed by atoms with van der Waals surface area (Å²) in [5.74, 6) is -2.34. The summed E-state index contributed by atoms with van der Waals surface area (Å²) in [6, 6.07) is 34.7. The highest BCUT2D eigenvalue weighted by molar-refractivity contribution is 5.90. The van der Waals surface area contributed by atoms with Gasteiger partial charge in [0, 0.05) is 13.2 Å². The molecule has 16 nitrogen and oxygen atoms in total. The van der Waals surface area contributed by atoms with Gasteiger partial charge in [-0.15, -0.1) is 0 Å². The van der Waals surface area contributed by atoms with E-state index in [0.29, 0.717) is 32.0 Å². The van der Waals surface area contributed by atoms with Crippen LogP contribution in [0, 0.1) is 11.8 Å². The largest absolute Gasteiger partial charge is 0.492 e. The van der Waals surface area contributed by atoms with Gasteiger partial charge in [0.05, 0.1) is 35.5 Å². The fourth-order valence-corrected chi connectivity index (χ4v) is 11.1. The predicted octanol–water partition coefficient (Wildman–Crippen LogP) is 12.5. The van der Waals surface area contributed by atoms with Gasteiger partial charge in [0.15, 0.2) is 36.5 Å². The van der Waals surface area contributed by atoms with Crippen molar-refractivity contribution >= 4 is 23.9 Å². The summed E-state index contributed by atoms with van der Waals surface area (Å²) in [7, 11) is 0. The molecule has 0 bridgehead atoms. The number of unbranched alkanes of at least 4 members (excludes halogenated alkanes) is 3. The van der Waals surface area contributed by atoms with E-state index in [4.69, 9.17) is 56.8 Å². The maximum Gasteiger partial charge on any atom is 0.338 e. The van der Waals surface area contributed by atoms with Crippen molar-refractivity contribution in [1.29, 1.82) is 0 Å². The quantitative estimate of drug-likeness (QED) is 0.0273. The zero-order chi connectivity index (χ0) is 58.2. The molecule has 4 aromatic carbocycles. The number of benzene rings is 4. The molecule has 2 heterocycles. The van der Waals surface area contributed by atoms with Crippen LogP contribution in [-0.4, -0.2) is 118 Å². The lowest BCUT2D eigenvalue weighted by atomic mass is 9.85. The van der Waals surface area contributed by atoms with Gasteiger partial charge in [-0.3, -0.25) is 0 Å². The molecule has 0 amide bonds. The molecule has 0 N–H and O–H groups in total. The molecule has 2 aliphatic carbocycles. The Bertz CT molecular complexity index is 2580. The SMILES string of the molecule is CCCCOC1=CO[C@@H](OC2C(C)CCC[C@H]2O[C@@H]2OC(COC(=O)c3ccccc3)[C@H](OC(=O)c3ccccc3)C(O[C@@H](CC3CCCCC3)C(=O)OCc3ccccc3)C2OC(=O)c2ccccc2)C(OCCCC)C1OCCCC. The van der Waals surface area contributed by atoms with Gasteiger partial charge in [-0.05, 0) is 92.3 Å². The van der Waals surface area contributed by atoms with E-state index in [9.17, 15) is 19.2 Å². The van der Waals surface area contributed by atoms with Crippen LogP contribution in [0.2, 0.25) is 0 Å². The topological polar surface area (TPSA) is 179 Å². The third-order valence-corrected chi connectivity index (χ3v) is 15.8. The molecule has 0 aromatic heterocycles. The third-order valence-electron chi connectivity index (χ3n) is 15.8. The highest BCUT2D eigenvalue weighted by Gasteiger charge is 2.55. The van der Waals surface area contributed by atoms with E-state index >= 15 is 0 Å². The number of hydrogen-bond acceptors (Lipinski definition) is 16. The molecule has 83 heavy (non-hydrogen) atoms. The molecule has 2 aliphatic heterocycles. The summed E-state index contributed by atoms with van der Waals surface area (Å²) in [5.41, 5.74) is 1.46. The first-order chi connectivity index (χ1) is 40.6. The minimum Gasteiger partial charge on any atom is -0.492 e. The van der Waals surface area contributed by atoms with Crippen molar-refractivity contribution in [3.63, 3.8) is 0 Å². The molecule has 12 atom stereocenters. The second-order valence-corrected chi connectivity index (χ2v) is 22.1. The van der Waals surface area contributed by atoms with Crippen LogP contribution >= 0.6 is 0 Å². The Labute approximate surface area is 490 Å². The minimum atomic E-state index is -1.54. The van der Waals surface area contributed by atoms with Crippen LogP contribution in [0.25, 0.3) is 0 Å². The Morgan fingerprint density at radius 1 is 0.554 bits per heavy atom. The molecule has 0 radical (unpaired) electrons. The van der Waals surface area contributed by atoms with E-state index in [1.165, 1.54) is 0 Å². The monoisotopic (exact) mass is 1150 g/mol. The molecule has 4 aromatic rings. The maximum atomic E-state index is 14.8. The summed E-state index contributed by atoms with van der Waals surface area (Å²) in [5, 5.41) is 0. The normalized spacial score (nSPS) is 25.9. The lowest BCUT2D eigenvalue weighted by Gasteiger charge is -2.48. The Hall–Kier alpha value is -6.14. The van der Waals surface area contributed by atoms with E-state index < -0.39 is 98.0 Å². The molecule has 4 aliphatic rings. The van der Waals surface area contributed by atoms with Crippen molar-refractivity contribution in [1.82, 2.24) is 0 Å². The summed E-state index contributed by atoms with van der Waals surface area (Å²) in [4.78, 5) is 58.0. The van der Waals surface area contributed by atoms with Crippen molar-refractivity contribution in [2.24, 2.45) is 11.8 Å². The van der Waals surface area contributed by atoms with Gasteiger partial charge < -0.3 is 56.8 Å². The van der Waals surface area contributed by atoms with Gasteiger partial charge in [-0.1, -0.05) is 170 Å². The van der Waals surface area contributed by atoms with E-state index in [1.54, 1.807) is 97.3 Å². The maximum absolute atomic E-state index is 14.8. The first kappa shape index (κ1) is 62.9. The van der Waals surface area contributed by atoms with Crippen LogP contribution in [0.5, 0.6) is 0 Å². The van der Waals surface area contributed by atoms with Crippen molar-refractivity contribution in [2.75, 3.05) is 26.4 Å². The van der Waals surface area contributed by atoms with Gasteiger partial charge in [0.1, 0.15) is 37.8 Å². The zero-order valence-corrected chi connectivity index (χ0v) is 48.8. The number of ether oxygens (including phenoxy) is 12. The molecular weight excluding hydrogens is 1060 g/mol. The Morgan fingerprint density at radius 3 is 1.76 bits per heavy atom. The zero-order valence-electron chi connectivity index (χ0n) is 48.8. The molecule has 1 saturated heterocycles. The molecule has 2 saturated carbocycles. The van der Waals surface area contributed by atoms with Crippen LogP contribution < -0.4 is 0 Å². The van der Waals surface area contributed by atoms with Crippen molar-refractivity contribution in [2.45, 2.75) is 198 Å². The molecular formula is C67H86O16. The Morgan fingerprint density at radius 2 is 1.13 bits per heavy atom. The standard InChI is InChI=1S/C67H86O16/c1-5-8-39-72-54-44-77-66(60(74-41-10-7-3)57(54)73-40-9-6-2)83-56-46(4)27-26-38-52(56)79-67-61(82-64(70)51-36-24-15-25-37-51)59(78-53(42-47-28-16-11-17-29-47)65(71)75-43-48-30-18-12-19-31-48)58(81-63(69)50-34-22-14-23-35-50)55(80-67)45-76-62(68)49-32-20-13-21-33-49/h12-15,18-25,30-37,44,46-47,52-53,55-61,66-67H,5-11,16-17,26-29,38-43,45H2,1-4H3/t46?,52-,53+,55?,56?,57?,58+,59?,60?,61?,66+,67-/m1/s1. The number of esters is 4. The number of hydrogen-bond donors (Lipinski definition) is 0. The Kier molecular flexibility index (Phi) is 25.3. The van der Waals surface area contributed by atoms with Crippen LogP contribution in [0.3, 0.4) is 0 Å². The molecule has 3 fully saturated rings. The molecule has 7 unspecified atom stereocenters. The van der Waals surface area contributed by atoms with Crippen LogP contribution in [0.4, 0.5) is 0 Å². The first-order valence-electron chi connectivity index (χ1n) is 30.4. The second-order valence-electron chi connectivity index (χ2n) is 22.1. The highest BCUT2D eigenvalue weighted by Crippen LogP contribution is 2.39. The van der Waals surface area contributed by atoms with Gasteiger partial charge in [0.2, 0.25) is 6.29 Å². The number of rotatable bonds is 30. The summed E-state index contributed by atoms with van der Waals surface area (Å²) in [6.45, 7) is 9.28. The average Bonchev–Trinajstić information content (AvgIpc) is 3.61. The minimum absolute atomic E-state index is 0.0360. The van der Waals surface area contributed by atoms with Crippen molar-refractivity contribution in [3.8, 4) is 0 Å². The van der Waals surface area contributed by atoms with E-state index in [0.717, 1.165) is 89.0 Å². The third kappa shape index (κ3) is 18.4. The number of carbonyl (C=O) groups is 4. The van der Waals surface area contributed by atoms with Crippen LogP contribution in [-0.2, 0) is 68.2 Å². The fraction of sp³-hybridized carbons (Fsp3) is 0.552. The molecule has 450 valence electrons. The molecule has 8 rings (SSSR count). The van der Waals surface area contributed by atoms with E-state index in [1.807, 2.05) is 30.3 Å². The average molecular weight is 1150 g/mol. The van der Waals surface area contributed by atoms with Crippen molar-refractivity contribution in [3.05, 3.63) is 156 Å². The molecule has 16 heteroatoms. The van der Waals surface area contributed by atoms with Crippen molar-refractivity contribution < 1.29 is 76.0 Å². The van der Waals surface area contributed by atoms with E-state index in [2.05, 4.69) is 27.7 Å². The van der Waals surface area contributed by atoms with Gasteiger partial charge in [-0.25, -0.2) is 19.2 Å². The predicted molar refractivity (Wildman–Crippen MR) is 309 cm³/mol. The van der Waals surface area contributed by atoms with Crippen LogP contribution in [0.15, 0.2) is 133 Å². The van der Waals surface area contributed by atoms with E-state index in [-0.39, 0.29) is 41.6 Å². The summed E-state index contributed by atoms with van der Waals surface area (Å²) in [6.07, 6.45) is 1.48. The lowest BCUT2D eigenvalue weighted by molar-refractivity contribution is -0.337. The molecule has 0 spiro atoms. The van der Waals surface area contributed by atoms with Gasteiger partial charge >= 0.3 is 23.9 Å². The summed E-state index contributed by atoms with van der Waals surface area (Å²) < 4.78 is 79.8. The smallest absolute Gasteiger partial charge is 0.338 e. The Balaban J connectivity index is 1.20. The van der Waals surface area contributed by atoms with Crippen LogP contribution in [0.1, 0.15) is 161 Å². The number of carbonyl (C=O) groups excluding carboxylic acids is 4. The lowest BCUT2D eigenvalue weighted by Crippen LogP contribution is -2.64. The second kappa shape index (κ2) is 33.4. The first-order valence-corrected chi connectivity index (χ1v) is 30.4. The fourth-order valence-electron chi connectivity index (χ4n) is 11.1. The van der Waals surface area contributed by atoms with Gasteiger partial charge in [-0.2, -0.15) is 0 Å². The highest BCUT2D eigenvalue weighted by atomic mass is 16.8.